The molecule has 0 saturated heterocycles. The highest BCUT2D eigenvalue weighted by molar-refractivity contribution is 7.90. The normalized spacial score (nSPS) is 20.6. The van der Waals surface area contributed by atoms with Gasteiger partial charge in [-0.05, 0) is 70.6 Å². The van der Waals surface area contributed by atoms with Gasteiger partial charge in [-0.25, -0.2) is 17.5 Å². The van der Waals surface area contributed by atoms with Crippen LogP contribution in [0.3, 0.4) is 0 Å². The zero-order chi connectivity index (χ0) is 21.1. The van der Waals surface area contributed by atoms with Gasteiger partial charge in [0, 0.05) is 37.9 Å². The summed E-state index contributed by atoms with van der Waals surface area (Å²) in [4.78, 5) is 13.5. The van der Waals surface area contributed by atoms with Crippen LogP contribution < -0.4 is 10.0 Å². The second-order valence-electron chi connectivity index (χ2n) is 8.76. The maximum absolute atomic E-state index is 13.8. The number of nitrogens with one attached hydrogen (secondary N) is 2. The van der Waals surface area contributed by atoms with Crippen LogP contribution >= 0.6 is 0 Å². The summed E-state index contributed by atoms with van der Waals surface area (Å²) < 4.78 is 40.4. The molecule has 8 heteroatoms. The molecule has 2 N–H and O–H groups in total. The van der Waals surface area contributed by atoms with Gasteiger partial charge < -0.3 is 10.2 Å². The first kappa shape index (κ1) is 22.6. The van der Waals surface area contributed by atoms with Crippen LogP contribution in [0.15, 0.2) is 18.2 Å². The fourth-order valence-electron chi connectivity index (χ4n) is 3.22. The monoisotopic (exact) mass is 413 g/mol. The topological polar surface area (TPSA) is 78.5 Å². The molecule has 6 nitrogen and oxygen atoms in total. The van der Waals surface area contributed by atoms with Gasteiger partial charge in [-0.15, -0.1) is 0 Å². The first-order valence-electron chi connectivity index (χ1n) is 9.67. The summed E-state index contributed by atoms with van der Waals surface area (Å²) in [7, 11) is -0.0748. The lowest BCUT2D eigenvalue weighted by molar-refractivity contribution is 0.0827. The Hall–Kier alpha value is -1.67. The lowest BCUT2D eigenvalue weighted by Gasteiger charge is -2.31. The van der Waals surface area contributed by atoms with E-state index in [2.05, 4.69) is 10.0 Å². The van der Waals surface area contributed by atoms with E-state index in [1.165, 1.54) is 17.0 Å². The number of carbonyl (C=O) groups is 1. The summed E-state index contributed by atoms with van der Waals surface area (Å²) in [5, 5.41) is 3.23. The Morgan fingerprint density at radius 1 is 1.14 bits per heavy atom. The van der Waals surface area contributed by atoms with Crippen molar-refractivity contribution in [3.63, 3.8) is 0 Å². The van der Waals surface area contributed by atoms with E-state index in [4.69, 9.17) is 0 Å². The van der Waals surface area contributed by atoms with E-state index in [0.29, 0.717) is 23.7 Å². The Labute approximate surface area is 167 Å². The molecule has 1 amide bonds. The van der Waals surface area contributed by atoms with E-state index in [0.717, 1.165) is 25.7 Å². The summed E-state index contributed by atoms with van der Waals surface area (Å²) in [6, 6.07) is 4.25. The number of carbonyl (C=O) groups excluding carboxylic acids is 1. The zero-order valence-electron chi connectivity index (χ0n) is 17.4. The molecule has 0 heterocycles. The third-order valence-corrected chi connectivity index (χ3v) is 7.38. The number of benzene rings is 1. The largest absolute Gasteiger partial charge is 0.385 e. The molecule has 1 saturated carbocycles. The fourth-order valence-corrected chi connectivity index (χ4v) is 4.24. The predicted molar refractivity (Wildman–Crippen MR) is 110 cm³/mol. The van der Waals surface area contributed by atoms with Crippen molar-refractivity contribution in [2.45, 2.75) is 57.2 Å². The molecule has 0 unspecified atom stereocenters. The molecular formula is C20H32FN3O3S. The molecule has 0 aliphatic heterocycles. The molecular weight excluding hydrogens is 381 g/mol. The third kappa shape index (κ3) is 5.91. The van der Waals surface area contributed by atoms with E-state index in [9.17, 15) is 17.6 Å². The van der Waals surface area contributed by atoms with Crippen LogP contribution in [-0.2, 0) is 10.0 Å². The Morgan fingerprint density at radius 3 is 2.29 bits per heavy atom. The van der Waals surface area contributed by atoms with Crippen LogP contribution in [0.5, 0.6) is 0 Å². The van der Waals surface area contributed by atoms with Crippen molar-refractivity contribution < 1.29 is 17.6 Å². The minimum Gasteiger partial charge on any atom is -0.385 e. The number of hydrogen-bond acceptors (Lipinski definition) is 4. The number of halogens is 1. The van der Waals surface area contributed by atoms with Crippen molar-refractivity contribution in [1.29, 1.82) is 0 Å². The summed E-state index contributed by atoms with van der Waals surface area (Å²) >= 11 is 0. The number of anilines is 1. The molecule has 0 spiro atoms. The Bertz CT molecular complexity index is 795. The smallest absolute Gasteiger partial charge is 0.253 e. The van der Waals surface area contributed by atoms with Crippen molar-refractivity contribution in [2.75, 3.05) is 26.0 Å². The predicted octanol–water partition coefficient (Wildman–Crippen LogP) is 3.22. The Balaban J connectivity index is 1.88. The highest BCUT2D eigenvalue weighted by atomic mass is 32.2. The van der Waals surface area contributed by atoms with Crippen molar-refractivity contribution >= 4 is 21.6 Å². The fraction of sp³-hybridized carbons (Fsp3) is 0.650. The van der Waals surface area contributed by atoms with Gasteiger partial charge in [-0.2, -0.15) is 0 Å². The molecule has 1 aliphatic carbocycles. The first-order chi connectivity index (χ1) is 12.9. The highest BCUT2D eigenvalue weighted by Crippen LogP contribution is 2.27. The number of amides is 1. The second kappa shape index (κ2) is 8.78. The van der Waals surface area contributed by atoms with Gasteiger partial charge in [0.1, 0.15) is 5.82 Å². The third-order valence-electron chi connectivity index (χ3n) is 5.12. The molecule has 0 radical (unpaired) electrons. The molecule has 1 fully saturated rings. The van der Waals surface area contributed by atoms with Crippen molar-refractivity contribution in [1.82, 2.24) is 9.62 Å². The van der Waals surface area contributed by atoms with Gasteiger partial charge in [0.25, 0.3) is 5.91 Å². The van der Waals surface area contributed by atoms with Gasteiger partial charge in [-0.1, -0.05) is 0 Å². The molecule has 0 bridgehead atoms. The van der Waals surface area contributed by atoms with Crippen molar-refractivity contribution in [3.05, 3.63) is 29.6 Å². The maximum atomic E-state index is 13.8. The van der Waals surface area contributed by atoms with E-state index in [1.807, 2.05) is 0 Å². The van der Waals surface area contributed by atoms with Gasteiger partial charge in [0.05, 0.1) is 4.75 Å². The van der Waals surface area contributed by atoms with Gasteiger partial charge in [0.15, 0.2) is 0 Å². The lowest BCUT2D eigenvalue weighted by atomic mass is 9.86. The molecule has 1 aliphatic rings. The van der Waals surface area contributed by atoms with Crippen molar-refractivity contribution in [3.8, 4) is 0 Å². The average Bonchev–Trinajstić information content (AvgIpc) is 2.58. The van der Waals surface area contributed by atoms with Gasteiger partial charge in [0.2, 0.25) is 10.0 Å². The molecule has 1 aromatic carbocycles. The number of rotatable bonds is 6. The summed E-state index contributed by atoms with van der Waals surface area (Å²) in [5.41, 5.74) is 0.897. The lowest BCUT2D eigenvalue weighted by Crippen LogP contribution is -2.46. The van der Waals surface area contributed by atoms with Gasteiger partial charge >= 0.3 is 0 Å². The maximum Gasteiger partial charge on any atom is 0.253 e. The van der Waals surface area contributed by atoms with Gasteiger partial charge in [-0.3, -0.25) is 4.79 Å². The average molecular weight is 414 g/mol. The number of nitrogens with zero attached hydrogens (tertiary/aromatic N) is 1. The number of hydrogen-bond donors (Lipinski definition) is 2. The van der Waals surface area contributed by atoms with E-state index >= 15 is 0 Å². The Morgan fingerprint density at radius 2 is 1.75 bits per heavy atom. The van der Waals surface area contributed by atoms with Crippen LogP contribution in [0.25, 0.3) is 0 Å². The zero-order valence-corrected chi connectivity index (χ0v) is 18.2. The molecule has 158 valence electrons. The quantitative estimate of drug-likeness (QED) is 0.751. The van der Waals surface area contributed by atoms with E-state index in [-0.39, 0.29) is 11.9 Å². The number of sulfonamides is 1. The summed E-state index contributed by atoms with van der Waals surface area (Å²) in [5.74, 6) is -0.309. The van der Waals surface area contributed by atoms with Crippen molar-refractivity contribution in [2.24, 2.45) is 5.92 Å². The molecule has 1 aromatic rings. The second-order valence-corrected chi connectivity index (χ2v) is 11.2. The first-order valence-corrected chi connectivity index (χ1v) is 11.2. The van der Waals surface area contributed by atoms with Crippen LogP contribution in [0.4, 0.5) is 10.1 Å². The van der Waals surface area contributed by atoms with E-state index < -0.39 is 20.6 Å². The SMILES string of the molecule is CN(C)C(=O)c1cc(F)cc(NCC2CCC(NS(=O)(=O)C(C)(C)C)CC2)c1. The summed E-state index contributed by atoms with van der Waals surface area (Å²) in [6.45, 7) is 5.75. The van der Waals surface area contributed by atoms with Crippen LogP contribution in [0.1, 0.15) is 56.8 Å². The molecule has 2 rings (SSSR count). The van der Waals surface area contributed by atoms with Crippen LogP contribution in [0.2, 0.25) is 0 Å². The minimum absolute atomic E-state index is 0.0287. The van der Waals surface area contributed by atoms with E-state index in [1.54, 1.807) is 40.9 Å². The standard InChI is InChI=1S/C20H32FN3O3S/c1-20(2,3)28(26,27)23-17-8-6-14(7-9-17)13-22-18-11-15(10-16(21)12-18)19(25)24(4)5/h10-12,14,17,22-23H,6-9,13H2,1-5H3. The van der Waals surface area contributed by atoms with Crippen LogP contribution in [0, 0.1) is 11.7 Å². The highest BCUT2D eigenvalue weighted by Gasteiger charge is 2.32. The molecule has 0 atom stereocenters. The van der Waals surface area contributed by atoms with Crippen LogP contribution in [-0.4, -0.2) is 50.7 Å². The summed E-state index contributed by atoms with van der Waals surface area (Å²) in [6.07, 6.45) is 3.36. The Kier molecular flexibility index (Phi) is 7.09. The molecule has 28 heavy (non-hydrogen) atoms. The molecule has 0 aromatic heterocycles. The minimum atomic E-state index is -3.34.